The number of benzene rings is 1. The summed E-state index contributed by atoms with van der Waals surface area (Å²) in [5, 5.41) is 0.670. The Morgan fingerprint density at radius 1 is 1.10 bits per heavy atom. The molecule has 2 aromatic rings. The van der Waals surface area contributed by atoms with Gasteiger partial charge in [0.15, 0.2) is 23.2 Å². The van der Waals surface area contributed by atoms with Gasteiger partial charge in [-0.3, -0.25) is 19.0 Å². The molecule has 1 aromatic carbocycles. The quantitative estimate of drug-likeness (QED) is 0.433. The molecule has 9 nitrogen and oxygen atoms in total. The molecule has 1 aromatic heterocycles. The fraction of sp³-hybridized carbons (Fsp3) is 0.444. The number of rotatable bonds is 5. The molecule has 1 aliphatic rings. The minimum atomic E-state index is -1.06. The molecule has 3 rings (SSSR count). The van der Waals surface area contributed by atoms with E-state index in [2.05, 4.69) is 20.9 Å². The van der Waals surface area contributed by atoms with E-state index in [9.17, 15) is 14.4 Å². The molecule has 0 bridgehead atoms. The summed E-state index contributed by atoms with van der Waals surface area (Å²) in [6, 6.07) is 3.16. The summed E-state index contributed by atoms with van der Waals surface area (Å²) in [6.07, 6.45) is -3.97. The highest BCUT2D eigenvalue weighted by atomic mass is 79.9. The monoisotopic (exact) mass is 522 g/mol. The number of carbonyl (C=O) groups excluding carboxylic acids is 3. The number of ether oxygens (including phenoxy) is 4. The summed E-state index contributed by atoms with van der Waals surface area (Å²) in [6.45, 7) is 3.45. The Morgan fingerprint density at radius 2 is 1.73 bits per heavy atom. The van der Waals surface area contributed by atoms with Crippen LogP contribution in [0.25, 0.3) is 11.0 Å². The molecule has 0 spiro atoms. The van der Waals surface area contributed by atoms with Crippen molar-refractivity contribution in [1.82, 2.24) is 9.55 Å². The van der Waals surface area contributed by atoms with Crippen molar-refractivity contribution in [1.29, 1.82) is 0 Å². The lowest BCUT2D eigenvalue weighted by Gasteiger charge is -2.24. The number of halogens is 3. The van der Waals surface area contributed by atoms with Gasteiger partial charge in [-0.2, -0.15) is 0 Å². The second-order valence-corrected chi connectivity index (χ2v) is 8.07. The van der Waals surface area contributed by atoms with E-state index in [1.807, 2.05) is 0 Å². The fourth-order valence-electron chi connectivity index (χ4n) is 3.23. The van der Waals surface area contributed by atoms with Crippen LogP contribution in [0.3, 0.4) is 0 Å². The zero-order valence-electron chi connectivity index (χ0n) is 16.1. The molecule has 0 amide bonds. The first-order chi connectivity index (χ1) is 14.1. The van der Waals surface area contributed by atoms with E-state index >= 15 is 0 Å². The van der Waals surface area contributed by atoms with Crippen molar-refractivity contribution in [3.8, 4) is 0 Å². The maximum Gasteiger partial charge on any atom is 0.303 e. The van der Waals surface area contributed by atoms with Crippen LogP contribution in [0.4, 0.5) is 0 Å². The van der Waals surface area contributed by atoms with Crippen molar-refractivity contribution in [2.45, 2.75) is 45.3 Å². The molecule has 2 heterocycles. The van der Waals surface area contributed by atoms with Gasteiger partial charge in [-0.25, -0.2) is 4.98 Å². The molecule has 1 fully saturated rings. The summed E-state index contributed by atoms with van der Waals surface area (Å²) in [5.41, 5.74) is 0.932. The summed E-state index contributed by atoms with van der Waals surface area (Å²) >= 11 is 15.8. The largest absolute Gasteiger partial charge is 0.463 e. The molecule has 0 unspecified atom stereocenters. The topological polar surface area (TPSA) is 106 Å². The SMILES string of the molecule is CC(=O)OC[C@H]1O[C@H](n2c(Br)nc3c(Cl)cc(Cl)cc32)[C@H](OC(C)=O)[C@@H]1OC(C)=O. The molecular weight excluding hydrogens is 507 g/mol. The molecule has 1 aliphatic heterocycles. The highest BCUT2D eigenvalue weighted by Gasteiger charge is 2.51. The van der Waals surface area contributed by atoms with Gasteiger partial charge in [0.05, 0.1) is 10.5 Å². The molecule has 0 aliphatic carbocycles. The van der Waals surface area contributed by atoms with Gasteiger partial charge in [-0.1, -0.05) is 23.2 Å². The fourth-order valence-corrected chi connectivity index (χ4v) is 4.33. The van der Waals surface area contributed by atoms with Crippen molar-refractivity contribution in [2.24, 2.45) is 0 Å². The van der Waals surface area contributed by atoms with E-state index in [0.717, 1.165) is 0 Å². The van der Waals surface area contributed by atoms with Gasteiger partial charge in [0.2, 0.25) is 0 Å². The van der Waals surface area contributed by atoms with Crippen LogP contribution in [-0.4, -0.2) is 52.4 Å². The first-order valence-corrected chi connectivity index (χ1v) is 10.3. The van der Waals surface area contributed by atoms with Gasteiger partial charge >= 0.3 is 17.9 Å². The van der Waals surface area contributed by atoms with Crippen LogP contribution in [0.2, 0.25) is 10.0 Å². The third-order valence-corrected chi connectivity index (χ3v) is 5.33. The van der Waals surface area contributed by atoms with Crippen LogP contribution < -0.4 is 0 Å². The van der Waals surface area contributed by atoms with Gasteiger partial charge in [-0.15, -0.1) is 0 Å². The Kier molecular flexibility index (Phi) is 6.91. The Hall–Kier alpha value is -1.88. The Labute approximate surface area is 189 Å². The number of hydrogen-bond donors (Lipinski definition) is 0. The van der Waals surface area contributed by atoms with E-state index in [0.29, 0.717) is 25.8 Å². The Bertz CT molecular complexity index is 1010. The number of hydrogen-bond acceptors (Lipinski definition) is 8. The van der Waals surface area contributed by atoms with Crippen molar-refractivity contribution in [3.05, 3.63) is 26.9 Å². The maximum absolute atomic E-state index is 11.8. The van der Waals surface area contributed by atoms with E-state index < -0.39 is 42.4 Å². The predicted octanol–water partition coefficient (Wildman–Crippen LogP) is 3.43. The van der Waals surface area contributed by atoms with Crippen molar-refractivity contribution < 1.29 is 33.3 Å². The number of aromatic nitrogens is 2. The van der Waals surface area contributed by atoms with Crippen molar-refractivity contribution >= 4 is 68.1 Å². The average Bonchev–Trinajstić information content (AvgIpc) is 3.10. The summed E-state index contributed by atoms with van der Waals surface area (Å²) in [4.78, 5) is 39.1. The van der Waals surface area contributed by atoms with E-state index in [1.54, 1.807) is 16.7 Å². The zero-order chi connectivity index (χ0) is 22.2. The number of fused-ring (bicyclic) bond motifs is 1. The van der Waals surface area contributed by atoms with Gasteiger partial charge < -0.3 is 18.9 Å². The van der Waals surface area contributed by atoms with Crippen LogP contribution in [0, 0.1) is 0 Å². The van der Waals surface area contributed by atoms with E-state index in [1.165, 1.54) is 20.8 Å². The molecule has 30 heavy (non-hydrogen) atoms. The minimum Gasteiger partial charge on any atom is -0.463 e. The average molecular weight is 524 g/mol. The van der Waals surface area contributed by atoms with Crippen LogP contribution in [0.5, 0.6) is 0 Å². The molecule has 1 saturated heterocycles. The second kappa shape index (κ2) is 9.09. The molecule has 12 heteroatoms. The Balaban J connectivity index is 2.10. The van der Waals surface area contributed by atoms with Crippen molar-refractivity contribution in [3.63, 3.8) is 0 Å². The summed E-state index contributed by atoms with van der Waals surface area (Å²) in [7, 11) is 0. The molecule has 4 atom stereocenters. The first-order valence-electron chi connectivity index (χ1n) is 8.74. The van der Waals surface area contributed by atoms with Crippen LogP contribution in [0.1, 0.15) is 27.0 Å². The van der Waals surface area contributed by atoms with Gasteiger partial charge in [0.25, 0.3) is 0 Å². The number of nitrogens with zero attached hydrogens (tertiary/aromatic N) is 2. The van der Waals surface area contributed by atoms with Crippen LogP contribution >= 0.6 is 39.1 Å². The molecule has 162 valence electrons. The standard InChI is InChI=1S/C18H17BrCl2N2O7/c1-7(24)27-6-13-15(28-8(2)25)16(29-9(3)26)17(30-13)23-12-5-10(20)4-11(21)14(12)22-18(23)19/h4-5,13,15-17H,6H2,1-3H3/t13-,15-,16-,17+/m1/s1. The molecule has 0 saturated carbocycles. The van der Waals surface area contributed by atoms with Gasteiger partial charge in [0.1, 0.15) is 18.2 Å². The predicted molar refractivity (Wildman–Crippen MR) is 109 cm³/mol. The van der Waals surface area contributed by atoms with Gasteiger partial charge in [-0.05, 0) is 28.1 Å². The smallest absolute Gasteiger partial charge is 0.303 e. The van der Waals surface area contributed by atoms with Crippen molar-refractivity contribution in [2.75, 3.05) is 6.61 Å². The van der Waals surface area contributed by atoms with E-state index in [4.69, 9.17) is 42.1 Å². The second-order valence-electron chi connectivity index (χ2n) is 6.52. The third-order valence-electron chi connectivity index (χ3n) is 4.27. The molecular formula is C18H17BrCl2N2O7. The summed E-state index contributed by atoms with van der Waals surface area (Å²) in [5.74, 6) is -1.77. The highest BCUT2D eigenvalue weighted by Crippen LogP contribution is 2.40. The van der Waals surface area contributed by atoms with Gasteiger partial charge in [0, 0.05) is 25.8 Å². The molecule has 0 N–H and O–H groups in total. The Morgan fingerprint density at radius 3 is 2.33 bits per heavy atom. The maximum atomic E-state index is 11.8. The third kappa shape index (κ3) is 4.72. The lowest BCUT2D eigenvalue weighted by atomic mass is 10.1. The normalized spacial score (nSPS) is 23.4. The number of imidazole rings is 1. The van der Waals surface area contributed by atoms with Crippen LogP contribution in [-0.2, 0) is 33.3 Å². The molecule has 0 radical (unpaired) electrons. The number of esters is 3. The van der Waals surface area contributed by atoms with E-state index in [-0.39, 0.29) is 6.61 Å². The van der Waals surface area contributed by atoms with Crippen LogP contribution in [0.15, 0.2) is 16.9 Å². The highest BCUT2D eigenvalue weighted by molar-refractivity contribution is 9.10. The lowest BCUT2D eigenvalue weighted by molar-refractivity contribution is -0.166. The minimum absolute atomic E-state index is 0.215. The first kappa shape index (κ1) is 22.8. The zero-order valence-corrected chi connectivity index (χ0v) is 19.2. The summed E-state index contributed by atoms with van der Waals surface area (Å²) < 4.78 is 23.8. The lowest BCUT2D eigenvalue weighted by Crippen LogP contribution is -2.40. The number of carbonyl (C=O) groups is 3.